The third-order valence-corrected chi connectivity index (χ3v) is 4.76. The van der Waals surface area contributed by atoms with Crippen LogP contribution in [0.1, 0.15) is 35.0 Å². The third kappa shape index (κ3) is 3.12. The van der Waals surface area contributed by atoms with E-state index < -0.39 is 5.82 Å². The molecule has 0 radical (unpaired) electrons. The minimum atomic E-state index is -0.557. The van der Waals surface area contributed by atoms with Gasteiger partial charge in [0.1, 0.15) is 11.3 Å². The van der Waals surface area contributed by atoms with E-state index in [0.717, 1.165) is 23.9 Å². The Bertz CT molecular complexity index is 907. The Morgan fingerprint density at radius 2 is 2.12 bits per heavy atom. The highest BCUT2D eigenvalue weighted by atomic mass is 35.5. The second kappa shape index (κ2) is 6.48. The normalized spacial score (nSPS) is 17.8. The molecule has 3 aromatic rings. The van der Waals surface area contributed by atoms with Gasteiger partial charge in [-0.05, 0) is 43.2 Å². The lowest BCUT2D eigenvalue weighted by Gasteiger charge is -2.31. The molecule has 4 nitrogen and oxygen atoms in total. The number of hydrogen-bond acceptors (Lipinski definition) is 3. The summed E-state index contributed by atoms with van der Waals surface area (Å²) in [6.45, 7) is 1.04. The van der Waals surface area contributed by atoms with E-state index in [1.54, 1.807) is 4.90 Å². The highest BCUT2D eigenvalue weighted by Crippen LogP contribution is 2.30. The number of halogens is 2. The third-order valence-electron chi connectivity index (χ3n) is 4.53. The van der Waals surface area contributed by atoms with Crippen molar-refractivity contribution in [3.63, 3.8) is 0 Å². The molecule has 0 saturated carbocycles. The van der Waals surface area contributed by atoms with Crippen LogP contribution in [-0.4, -0.2) is 28.9 Å². The zero-order valence-corrected chi connectivity index (χ0v) is 14.2. The van der Waals surface area contributed by atoms with Gasteiger partial charge in [-0.1, -0.05) is 23.7 Å². The van der Waals surface area contributed by atoms with Crippen LogP contribution >= 0.6 is 11.6 Å². The van der Waals surface area contributed by atoms with E-state index in [1.165, 1.54) is 18.2 Å². The number of fused-ring (bicyclic) bond motifs is 1. The Morgan fingerprint density at radius 1 is 1.28 bits per heavy atom. The van der Waals surface area contributed by atoms with Crippen LogP contribution in [0, 0.1) is 5.82 Å². The Morgan fingerprint density at radius 3 is 2.96 bits per heavy atom. The van der Waals surface area contributed by atoms with Gasteiger partial charge in [0.05, 0.1) is 11.5 Å². The summed E-state index contributed by atoms with van der Waals surface area (Å²) in [4.78, 5) is 18.9. The van der Waals surface area contributed by atoms with Crippen molar-refractivity contribution < 1.29 is 13.6 Å². The average molecular weight is 359 g/mol. The van der Waals surface area contributed by atoms with Gasteiger partial charge in [-0.3, -0.25) is 4.79 Å². The van der Waals surface area contributed by atoms with Crippen LogP contribution in [0.15, 0.2) is 46.9 Å². The van der Waals surface area contributed by atoms with Crippen LogP contribution in [0.5, 0.6) is 0 Å². The van der Waals surface area contributed by atoms with E-state index in [9.17, 15) is 9.18 Å². The average Bonchev–Trinajstić information content (AvgIpc) is 3.07. The molecule has 1 atom stereocenters. The summed E-state index contributed by atoms with van der Waals surface area (Å²) >= 11 is 5.91. The molecule has 0 spiro atoms. The summed E-state index contributed by atoms with van der Waals surface area (Å²) in [5.74, 6) is -0.267. The number of para-hydroxylation sites is 2. The second-order valence-corrected chi connectivity index (χ2v) is 6.67. The van der Waals surface area contributed by atoms with Crippen LogP contribution < -0.4 is 0 Å². The number of carbonyl (C=O) groups excluding carboxylic acids is 1. The van der Waals surface area contributed by atoms with Gasteiger partial charge < -0.3 is 9.32 Å². The molecule has 1 aliphatic heterocycles. The second-order valence-electron chi connectivity index (χ2n) is 6.23. The van der Waals surface area contributed by atoms with E-state index in [2.05, 4.69) is 4.98 Å². The summed E-state index contributed by atoms with van der Waals surface area (Å²) in [6.07, 6.45) is 1.70. The first-order valence-corrected chi connectivity index (χ1v) is 8.59. The molecule has 1 aliphatic rings. The minimum Gasteiger partial charge on any atom is -0.440 e. The monoisotopic (exact) mass is 358 g/mol. The standard InChI is InChI=1S/C19H16ClFN2O2/c20-13-7-8-15(21)14(10-13)19(24)23-9-3-4-12(11-23)18-22-16-5-1-2-6-17(16)25-18/h1-2,5-8,10,12H,3-4,9,11H2. The highest BCUT2D eigenvalue weighted by molar-refractivity contribution is 6.31. The van der Waals surface area contributed by atoms with Crippen molar-refractivity contribution in [3.8, 4) is 0 Å². The predicted octanol–water partition coefficient (Wildman–Crippen LogP) is 4.64. The molecule has 1 fully saturated rings. The smallest absolute Gasteiger partial charge is 0.256 e. The first-order chi connectivity index (χ1) is 12.1. The van der Waals surface area contributed by atoms with Gasteiger partial charge in [0, 0.05) is 18.1 Å². The molecule has 1 aromatic heterocycles. The van der Waals surface area contributed by atoms with E-state index >= 15 is 0 Å². The molecule has 25 heavy (non-hydrogen) atoms. The lowest BCUT2D eigenvalue weighted by atomic mass is 9.97. The summed E-state index contributed by atoms with van der Waals surface area (Å²) in [6, 6.07) is 11.6. The number of carbonyl (C=O) groups is 1. The largest absolute Gasteiger partial charge is 0.440 e. The zero-order valence-electron chi connectivity index (χ0n) is 13.4. The summed E-state index contributed by atoms with van der Waals surface area (Å²) < 4.78 is 19.8. The highest BCUT2D eigenvalue weighted by Gasteiger charge is 2.29. The van der Waals surface area contributed by atoms with Crippen molar-refractivity contribution in [2.45, 2.75) is 18.8 Å². The van der Waals surface area contributed by atoms with E-state index in [1.807, 2.05) is 24.3 Å². The predicted molar refractivity (Wildman–Crippen MR) is 93.3 cm³/mol. The molecule has 2 aromatic carbocycles. The van der Waals surface area contributed by atoms with Crippen molar-refractivity contribution in [2.75, 3.05) is 13.1 Å². The van der Waals surface area contributed by atoms with Crippen LogP contribution in [0.25, 0.3) is 11.1 Å². The van der Waals surface area contributed by atoms with E-state index in [-0.39, 0.29) is 17.4 Å². The van der Waals surface area contributed by atoms with Gasteiger partial charge in [-0.15, -0.1) is 0 Å². The maximum Gasteiger partial charge on any atom is 0.256 e. The van der Waals surface area contributed by atoms with Crippen molar-refractivity contribution >= 4 is 28.6 Å². The molecule has 4 rings (SSSR count). The van der Waals surface area contributed by atoms with Gasteiger partial charge in [0.25, 0.3) is 5.91 Å². The van der Waals surface area contributed by atoms with Gasteiger partial charge in [-0.25, -0.2) is 9.37 Å². The molecule has 0 N–H and O–H groups in total. The lowest BCUT2D eigenvalue weighted by Crippen LogP contribution is -2.39. The number of amides is 1. The first kappa shape index (κ1) is 16.1. The number of likely N-dealkylation sites (tertiary alicyclic amines) is 1. The number of aromatic nitrogens is 1. The topological polar surface area (TPSA) is 46.3 Å². The van der Waals surface area contributed by atoms with Gasteiger partial charge in [-0.2, -0.15) is 0 Å². The molecule has 2 heterocycles. The first-order valence-electron chi connectivity index (χ1n) is 8.21. The summed E-state index contributed by atoms with van der Waals surface area (Å²) in [7, 11) is 0. The molecule has 0 bridgehead atoms. The molecular formula is C19H16ClFN2O2. The van der Waals surface area contributed by atoms with Crippen molar-refractivity contribution in [1.29, 1.82) is 0 Å². The SMILES string of the molecule is O=C(c1cc(Cl)ccc1F)N1CCCC(c2nc3ccccc3o2)C1. The minimum absolute atomic E-state index is 0.00529. The van der Waals surface area contributed by atoms with Crippen molar-refractivity contribution in [2.24, 2.45) is 0 Å². The lowest BCUT2D eigenvalue weighted by molar-refractivity contribution is 0.0694. The summed E-state index contributed by atoms with van der Waals surface area (Å²) in [5.41, 5.74) is 1.55. The van der Waals surface area contributed by atoms with E-state index in [0.29, 0.717) is 24.0 Å². The van der Waals surface area contributed by atoms with Crippen LogP contribution in [-0.2, 0) is 0 Å². The molecule has 0 aliphatic carbocycles. The molecule has 1 saturated heterocycles. The number of hydrogen-bond donors (Lipinski definition) is 0. The van der Waals surface area contributed by atoms with Gasteiger partial charge >= 0.3 is 0 Å². The zero-order chi connectivity index (χ0) is 17.4. The number of oxazole rings is 1. The fourth-order valence-electron chi connectivity index (χ4n) is 3.26. The molecule has 6 heteroatoms. The fraction of sp³-hybridized carbons (Fsp3) is 0.263. The van der Waals surface area contributed by atoms with Crippen LogP contribution in [0.2, 0.25) is 5.02 Å². The van der Waals surface area contributed by atoms with Crippen LogP contribution in [0.3, 0.4) is 0 Å². The maximum absolute atomic E-state index is 14.0. The number of piperidine rings is 1. The van der Waals surface area contributed by atoms with Gasteiger partial charge in [0.2, 0.25) is 0 Å². The number of rotatable bonds is 2. The van der Waals surface area contributed by atoms with Gasteiger partial charge in [0.15, 0.2) is 11.5 Å². The molecule has 1 amide bonds. The summed E-state index contributed by atoms with van der Waals surface area (Å²) in [5, 5.41) is 0.345. The Balaban J connectivity index is 1.58. The Kier molecular flexibility index (Phi) is 4.17. The van der Waals surface area contributed by atoms with E-state index in [4.69, 9.17) is 16.0 Å². The Hall–Kier alpha value is -2.40. The Labute approximate surface area is 149 Å². The van der Waals surface area contributed by atoms with Crippen molar-refractivity contribution in [1.82, 2.24) is 9.88 Å². The molecular weight excluding hydrogens is 343 g/mol. The van der Waals surface area contributed by atoms with Crippen molar-refractivity contribution in [3.05, 3.63) is 64.8 Å². The number of benzene rings is 2. The number of nitrogens with zero attached hydrogens (tertiary/aromatic N) is 2. The quantitative estimate of drug-likeness (QED) is 0.670. The molecule has 1 unspecified atom stereocenters. The maximum atomic E-state index is 14.0. The fourth-order valence-corrected chi connectivity index (χ4v) is 3.43. The van der Waals surface area contributed by atoms with Crippen LogP contribution in [0.4, 0.5) is 4.39 Å². The molecule has 128 valence electrons.